The third kappa shape index (κ3) is 5.26. The molecule has 1 saturated heterocycles. The molecule has 2 amide bonds. The summed E-state index contributed by atoms with van der Waals surface area (Å²) >= 11 is 6.18. The van der Waals surface area contributed by atoms with Crippen molar-refractivity contribution in [3.8, 4) is 5.75 Å². The Balaban J connectivity index is 1.91. The number of urea groups is 1. The van der Waals surface area contributed by atoms with E-state index in [2.05, 4.69) is 15.5 Å². The lowest BCUT2D eigenvalue weighted by Crippen LogP contribution is -2.45. The van der Waals surface area contributed by atoms with Crippen LogP contribution in [0.3, 0.4) is 0 Å². The molecule has 1 fully saturated rings. The number of nitrogens with one attached hydrogen (secondary N) is 2. The summed E-state index contributed by atoms with van der Waals surface area (Å²) in [5, 5.41) is 6.26. The molecule has 1 aliphatic rings. The fraction of sp³-hybridized carbons (Fsp3) is 0.588. The molecule has 0 aromatic heterocycles. The second kappa shape index (κ2) is 9.11. The Kier molecular flexibility index (Phi) is 7.15. The normalized spacial score (nSPS) is 20.8. The predicted octanol–water partition coefficient (Wildman–Crippen LogP) is 2.97. The molecular weight excluding hydrogens is 330 g/mol. The molecule has 1 aliphatic heterocycles. The van der Waals surface area contributed by atoms with Crippen molar-refractivity contribution in [1.82, 2.24) is 10.2 Å². The highest BCUT2D eigenvalue weighted by atomic mass is 35.5. The van der Waals surface area contributed by atoms with Gasteiger partial charge in [-0.2, -0.15) is 0 Å². The number of benzene rings is 1. The minimum Gasteiger partial charge on any atom is -0.492 e. The summed E-state index contributed by atoms with van der Waals surface area (Å²) in [7, 11) is 2.01. The Morgan fingerprint density at radius 1 is 1.38 bits per heavy atom. The molecule has 7 heteroatoms. The van der Waals surface area contributed by atoms with Gasteiger partial charge in [-0.3, -0.25) is 0 Å². The molecule has 2 N–H and O–H groups in total. The number of hydrogen-bond acceptors (Lipinski definition) is 4. The average Bonchev–Trinajstić information content (AvgIpc) is 2.86. The third-order valence-corrected chi connectivity index (χ3v) is 4.09. The fourth-order valence-corrected chi connectivity index (χ4v) is 2.96. The van der Waals surface area contributed by atoms with Crippen LogP contribution in [0.1, 0.15) is 20.3 Å². The smallest absolute Gasteiger partial charge is 0.319 e. The van der Waals surface area contributed by atoms with Crippen LogP contribution in [0.15, 0.2) is 18.2 Å². The lowest BCUT2D eigenvalue weighted by molar-refractivity contribution is 0.0568. The van der Waals surface area contributed by atoms with Gasteiger partial charge in [0.2, 0.25) is 0 Å². The van der Waals surface area contributed by atoms with Crippen molar-refractivity contribution in [3.05, 3.63) is 23.2 Å². The zero-order chi connectivity index (χ0) is 17.5. The Morgan fingerprint density at radius 2 is 2.17 bits per heavy atom. The number of carbonyl (C=O) groups excluding carboxylic acids is 1. The van der Waals surface area contributed by atoms with Gasteiger partial charge in [0.15, 0.2) is 0 Å². The molecule has 1 aromatic carbocycles. The summed E-state index contributed by atoms with van der Waals surface area (Å²) in [6, 6.07) is 4.93. The van der Waals surface area contributed by atoms with E-state index in [-0.39, 0.29) is 18.2 Å². The van der Waals surface area contributed by atoms with Crippen LogP contribution in [0, 0.1) is 0 Å². The van der Waals surface area contributed by atoms with Crippen molar-refractivity contribution in [3.63, 3.8) is 0 Å². The van der Waals surface area contributed by atoms with Crippen LogP contribution in [-0.2, 0) is 4.74 Å². The minimum atomic E-state index is -0.265. The van der Waals surface area contributed by atoms with E-state index in [4.69, 9.17) is 21.1 Å². The summed E-state index contributed by atoms with van der Waals surface area (Å²) in [6.45, 7) is 6.81. The van der Waals surface area contributed by atoms with Gasteiger partial charge in [-0.25, -0.2) is 4.79 Å². The maximum Gasteiger partial charge on any atom is 0.319 e. The minimum absolute atomic E-state index is 0.0131. The second-order valence-corrected chi connectivity index (χ2v) is 6.32. The molecule has 2 atom stereocenters. The van der Waals surface area contributed by atoms with Crippen molar-refractivity contribution in [2.45, 2.75) is 32.4 Å². The Bertz CT molecular complexity index is 556. The molecule has 0 radical (unpaired) electrons. The van der Waals surface area contributed by atoms with Gasteiger partial charge in [0.25, 0.3) is 0 Å². The monoisotopic (exact) mass is 355 g/mol. The molecular formula is C17H26ClN3O3. The van der Waals surface area contributed by atoms with E-state index in [1.54, 1.807) is 18.2 Å². The van der Waals surface area contributed by atoms with Crippen LogP contribution >= 0.6 is 11.6 Å². The molecule has 134 valence electrons. The number of likely N-dealkylation sites (tertiary alicyclic amines) is 1. The summed E-state index contributed by atoms with van der Waals surface area (Å²) in [4.78, 5) is 14.4. The number of carbonyl (C=O) groups is 1. The maximum absolute atomic E-state index is 12.2. The topological polar surface area (TPSA) is 62.8 Å². The Hall–Kier alpha value is -1.50. The molecule has 0 unspecified atom stereocenters. The van der Waals surface area contributed by atoms with E-state index in [1.807, 2.05) is 20.9 Å². The average molecular weight is 356 g/mol. The fourth-order valence-electron chi connectivity index (χ4n) is 2.73. The Morgan fingerprint density at radius 3 is 2.83 bits per heavy atom. The van der Waals surface area contributed by atoms with Gasteiger partial charge in [-0.15, -0.1) is 0 Å². The first kappa shape index (κ1) is 18.8. The zero-order valence-electron chi connectivity index (χ0n) is 14.5. The van der Waals surface area contributed by atoms with E-state index in [9.17, 15) is 4.79 Å². The highest BCUT2D eigenvalue weighted by Crippen LogP contribution is 2.27. The Labute approximate surface area is 148 Å². The third-order valence-electron chi connectivity index (χ3n) is 3.80. The molecule has 0 bridgehead atoms. The van der Waals surface area contributed by atoms with Gasteiger partial charge >= 0.3 is 6.03 Å². The van der Waals surface area contributed by atoms with Gasteiger partial charge < -0.3 is 25.0 Å². The van der Waals surface area contributed by atoms with Crippen LogP contribution < -0.4 is 15.4 Å². The standard InChI is InChI=1S/C17H26ClN3O3/c1-4-8-24-15-7-6-12(9-13(15)18)19-17(22)20-14-10-21(3)11-16(14)23-5-2/h6-7,9,14,16H,4-5,8,10-11H2,1-3H3,(H2,19,20,22)/t14-,16-/m0/s1. The van der Waals surface area contributed by atoms with E-state index >= 15 is 0 Å². The number of anilines is 1. The van der Waals surface area contributed by atoms with Crippen molar-refractivity contribution in [2.75, 3.05) is 38.7 Å². The van der Waals surface area contributed by atoms with Gasteiger partial charge in [0, 0.05) is 25.4 Å². The van der Waals surface area contributed by atoms with Crippen molar-refractivity contribution < 1.29 is 14.3 Å². The number of halogens is 1. The van der Waals surface area contributed by atoms with Gasteiger partial charge in [-0.05, 0) is 38.6 Å². The number of ether oxygens (including phenoxy) is 2. The molecule has 0 spiro atoms. The lowest BCUT2D eigenvalue weighted by atomic mass is 10.2. The number of hydrogen-bond donors (Lipinski definition) is 2. The quantitative estimate of drug-likeness (QED) is 0.789. The van der Waals surface area contributed by atoms with E-state index in [0.717, 1.165) is 19.5 Å². The summed E-state index contributed by atoms with van der Waals surface area (Å²) in [6.07, 6.45) is 0.925. The molecule has 0 aliphatic carbocycles. The van der Waals surface area contributed by atoms with Crippen LogP contribution in [0.25, 0.3) is 0 Å². The lowest BCUT2D eigenvalue weighted by Gasteiger charge is -2.20. The van der Waals surface area contributed by atoms with Gasteiger partial charge in [-0.1, -0.05) is 18.5 Å². The maximum atomic E-state index is 12.2. The molecule has 1 heterocycles. The highest BCUT2D eigenvalue weighted by molar-refractivity contribution is 6.32. The highest BCUT2D eigenvalue weighted by Gasteiger charge is 2.32. The largest absolute Gasteiger partial charge is 0.492 e. The number of rotatable bonds is 7. The van der Waals surface area contributed by atoms with Gasteiger partial charge in [0.05, 0.1) is 23.8 Å². The first-order valence-corrected chi connectivity index (χ1v) is 8.71. The summed E-state index contributed by atoms with van der Waals surface area (Å²) < 4.78 is 11.2. The molecule has 1 aromatic rings. The molecule has 24 heavy (non-hydrogen) atoms. The van der Waals surface area contributed by atoms with Crippen LogP contribution in [0.5, 0.6) is 5.75 Å². The summed E-state index contributed by atoms with van der Waals surface area (Å²) in [5.74, 6) is 0.623. The van der Waals surface area contributed by atoms with Crippen molar-refractivity contribution in [2.24, 2.45) is 0 Å². The number of nitrogens with zero attached hydrogens (tertiary/aromatic N) is 1. The van der Waals surface area contributed by atoms with E-state index < -0.39 is 0 Å². The van der Waals surface area contributed by atoms with Crippen LogP contribution in [-0.4, -0.2) is 56.4 Å². The summed E-state index contributed by atoms with van der Waals surface area (Å²) in [5.41, 5.74) is 0.626. The number of amides is 2. The predicted molar refractivity (Wildman–Crippen MR) is 96.1 cm³/mol. The SMILES string of the molecule is CCCOc1ccc(NC(=O)N[C@H]2CN(C)C[C@@H]2OCC)cc1Cl. The molecule has 6 nitrogen and oxygen atoms in total. The van der Waals surface area contributed by atoms with Crippen molar-refractivity contribution >= 4 is 23.3 Å². The first-order chi connectivity index (χ1) is 11.5. The second-order valence-electron chi connectivity index (χ2n) is 5.91. The zero-order valence-corrected chi connectivity index (χ0v) is 15.2. The van der Waals surface area contributed by atoms with Crippen molar-refractivity contribution in [1.29, 1.82) is 0 Å². The van der Waals surface area contributed by atoms with Crippen LogP contribution in [0.2, 0.25) is 5.02 Å². The molecule has 2 rings (SSSR count). The number of likely N-dealkylation sites (N-methyl/N-ethyl adjacent to an activating group) is 1. The molecule has 0 saturated carbocycles. The van der Waals surface area contributed by atoms with E-state index in [1.165, 1.54) is 0 Å². The van der Waals surface area contributed by atoms with Crippen LogP contribution in [0.4, 0.5) is 10.5 Å². The van der Waals surface area contributed by atoms with E-state index in [0.29, 0.717) is 29.7 Å². The first-order valence-electron chi connectivity index (χ1n) is 8.33. The van der Waals surface area contributed by atoms with Gasteiger partial charge in [0.1, 0.15) is 5.75 Å².